The van der Waals surface area contributed by atoms with Gasteiger partial charge >= 0.3 is 6.16 Å². The molecule has 0 bridgehead atoms. The molecule has 0 atom stereocenters. The number of carbonyl (C=O) groups is 1. The maximum Gasteiger partial charge on any atom is 0.513 e. The number of hydrogen-bond donors (Lipinski definition) is 0. The fraction of sp³-hybridized carbons (Fsp3) is 0.222. The molecule has 0 N–H and O–H groups in total. The molecule has 0 saturated carbocycles. The second kappa shape index (κ2) is 5.54. The van der Waals surface area contributed by atoms with E-state index >= 15 is 0 Å². The molecule has 1 aromatic heterocycles. The van der Waals surface area contributed by atoms with Crippen LogP contribution in [0.25, 0.3) is 0 Å². The van der Waals surface area contributed by atoms with Crippen molar-refractivity contribution < 1.29 is 14.3 Å². The highest BCUT2D eigenvalue weighted by molar-refractivity contribution is 5.63. The van der Waals surface area contributed by atoms with Crippen molar-refractivity contribution in [2.45, 2.75) is 6.42 Å². The third-order valence-electron chi connectivity index (χ3n) is 1.27. The van der Waals surface area contributed by atoms with E-state index in [-0.39, 0.29) is 13.0 Å². The summed E-state index contributed by atoms with van der Waals surface area (Å²) in [5, 5.41) is 8.18. The van der Waals surface area contributed by atoms with Crippen LogP contribution in [0.4, 0.5) is 4.79 Å². The third kappa shape index (κ3) is 3.54. The normalized spacial score (nSPS) is 8.79. The molecule has 14 heavy (non-hydrogen) atoms. The lowest BCUT2D eigenvalue weighted by molar-refractivity contribution is 0.101. The minimum Gasteiger partial charge on any atom is -0.433 e. The standard InChI is InChI=1S/C9H8N2O3/c10-4-2-6-13-9(12)14-8-3-1-5-11-7-8/h1,3,5,7H,2,6H2. The SMILES string of the molecule is N#CCCOC(=O)Oc1cccnc1. The lowest BCUT2D eigenvalue weighted by atomic mass is 10.5. The van der Waals surface area contributed by atoms with E-state index in [0.717, 1.165) is 0 Å². The Kier molecular flexibility index (Phi) is 3.95. The number of nitriles is 1. The second-order valence-corrected chi connectivity index (χ2v) is 2.30. The molecular formula is C9H8N2O3. The summed E-state index contributed by atoms with van der Waals surface area (Å²) < 4.78 is 9.30. The van der Waals surface area contributed by atoms with Crippen molar-refractivity contribution in [3.8, 4) is 11.8 Å². The summed E-state index contributed by atoms with van der Waals surface area (Å²) >= 11 is 0. The molecule has 0 aliphatic rings. The molecule has 0 amide bonds. The van der Waals surface area contributed by atoms with E-state index in [2.05, 4.69) is 9.72 Å². The van der Waals surface area contributed by atoms with Crippen LogP contribution >= 0.6 is 0 Å². The molecule has 0 aliphatic heterocycles. The molecule has 1 aromatic rings. The summed E-state index contributed by atoms with van der Waals surface area (Å²) in [5.41, 5.74) is 0. The minimum absolute atomic E-state index is 0.0373. The zero-order chi connectivity index (χ0) is 10.2. The van der Waals surface area contributed by atoms with Crippen molar-refractivity contribution in [1.82, 2.24) is 4.98 Å². The van der Waals surface area contributed by atoms with Gasteiger partial charge in [0.2, 0.25) is 0 Å². The van der Waals surface area contributed by atoms with Gasteiger partial charge in [0.05, 0.1) is 18.7 Å². The zero-order valence-corrected chi connectivity index (χ0v) is 7.34. The molecule has 0 fully saturated rings. The molecular weight excluding hydrogens is 184 g/mol. The number of hydrogen-bond acceptors (Lipinski definition) is 5. The summed E-state index contributed by atoms with van der Waals surface area (Å²) in [4.78, 5) is 14.7. The molecule has 0 unspecified atom stereocenters. The average molecular weight is 192 g/mol. The van der Waals surface area contributed by atoms with Crippen LogP contribution in [-0.4, -0.2) is 17.7 Å². The van der Waals surface area contributed by atoms with Gasteiger partial charge < -0.3 is 9.47 Å². The smallest absolute Gasteiger partial charge is 0.433 e. The molecule has 0 radical (unpaired) electrons. The minimum atomic E-state index is -0.826. The molecule has 72 valence electrons. The van der Waals surface area contributed by atoms with E-state index in [4.69, 9.17) is 10.00 Å². The van der Waals surface area contributed by atoms with Crippen LogP contribution < -0.4 is 4.74 Å². The van der Waals surface area contributed by atoms with Crippen LogP contribution in [-0.2, 0) is 4.74 Å². The van der Waals surface area contributed by atoms with E-state index in [1.807, 2.05) is 6.07 Å². The van der Waals surface area contributed by atoms with Crippen LogP contribution in [0.15, 0.2) is 24.5 Å². The van der Waals surface area contributed by atoms with Gasteiger partial charge in [0.15, 0.2) is 5.75 Å². The number of rotatable bonds is 3. The van der Waals surface area contributed by atoms with Gasteiger partial charge in [-0.2, -0.15) is 5.26 Å². The van der Waals surface area contributed by atoms with E-state index in [1.54, 1.807) is 18.3 Å². The van der Waals surface area contributed by atoms with E-state index in [0.29, 0.717) is 5.75 Å². The highest BCUT2D eigenvalue weighted by Crippen LogP contribution is 2.06. The highest BCUT2D eigenvalue weighted by Gasteiger charge is 2.04. The van der Waals surface area contributed by atoms with E-state index in [1.165, 1.54) is 6.20 Å². The largest absolute Gasteiger partial charge is 0.513 e. The Labute approximate surface area is 80.9 Å². The Bertz CT molecular complexity index is 332. The van der Waals surface area contributed by atoms with Crippen LogP contribution in [0.1, 0.15) is 6.42 Å². The summed E-state index contributed by atoms with van der Waals surface area (Å²) in [7, 11) is 0. The molecule has 1 heterocycles. The van der Waals surface area contributed by atoms with Crippen LogP contribution in [0.2, 0.25) is 0 Å². The van der Waals surface area contributed by atoms with Gasteiger partial charge in [-0.15, -0.1) is 0 Å². The van der Waals surface area contributed by atoms with Crippen LogP contribution in [0, 0.1) is 11.3 Å². The predicted molar refractivity (Wildman–Crippen MR) is 46.4 cm³/mol. The Morgan fingerprint density at radius 1 is 1.64 bits per heavy atom. The number of aromatic nitrogens is 1. The van der Waals surface area contributed by atoms with Crippen molar-refractivity contribution in [3.05, 3.63) is 24.5 Å². The molecule has 5 nitrogen and oxygen atoms in total. The summed E-state index contributed by atoms with van der Waals surface area (Å²) in [6.07, 6.45) is 2.29. The van der Waals surface area contributed by atoms with Crippen LogP contribution in [0.3, 0.4) is 0 Å². The molecule has 1 rings (SSSR count). The molecule has 5 heteroatoms. The summed E-state index contributed by atoms with van der Waals surface area (Å²) in [5.74, 6) is 0.314. The topological polar surface area (TPSA) is 72.2 Å². The number of nitrogens with zero attached hydrogens (tertiary/aromatic N) is 2. The van der Waals surface area contributed by atoms with Gasteiger partial charge in [-0.05, 0) is 12.1 Å². The van der Waals surface area contributed by atoms with Crippen molar-refractivity contribution in [2.24, 2.45) is 0 Å². The fourth-order valence-electron chi connectivity index (χ4n) is 0.713. The quantitative estimate of drug-likeness (QED) is 0.536. The first-order chi connectivity index (χ1) is 6.83. The lowest BCUT2D eigenvalue weighted by Crippen LogP contribution is -2.11. The predicted octanol–water partition coefficient (Wildman–Crippen LogP) is 1.51. The Hall–Kier alpha value is -2.09. The number of carbonyl (C=O) groups excluding carboxylic acids is 1. The maximum absolute atomic E-state index is 10.9. The fourth-order valence-corrected chi connectivity index (χ4v) is 0.713. The zero-order valence-electron chi connectivity index (χ0n) is 7.34. The van der Waals surface area contributed by atoms with Crippen molar-refractivity contribution in [3.63, 3.8) is 0 Å². The van der Waals surface area contributed by atoms with Gasteiger partial charge in [-0.3, -0.25) is 4.98 Å². The first-order valence-corrected chi connectivity index (χ1v) is 3.94. The number of pyridine rings is 1. The molecule has 0 saturated heterocycles. The molecule has 0 aliphatic carbocycles. The van der Waals surface area contributed by atoms with Gasteiger partial charge in [-0.1, -0.05) is 0 Å². The summed E-state index contributed by atoms with van der Waals surface area (Å²) in [6, 6.07) is 5.06. The number of ether oxygens (including phenoxy) is 2. The van der Waals surface area contributed by atoms with Crippen LogP contribution in [0.5, 0.6) is 5.75 Å². The van der Waals surface area contributed by atoms with Crippen molar-refractivity contribution in [1.29, 1.82) is 5.26 Å². The van der Waals surface area contributed by atoms with E-state index < -0.39 is 6.16 Å². The first-order valence-electron chi connectivity index (χ1n) is 3.94. The molecule has 0 aromatic carbocycles. The van der Waals surface area contributed by atoms with Crippen molar-refractivity contribution >= 4 is 6.16 Å². The summed E-state index contributed by atoms with van der Waals surface area (Å²) in [6.45, 7) is 0.0373. The third-order valence-corrected chi connectivity index (χ3v) is 1.27. The van der Waals surface area contributed by atoms with Gasteiger partial charge in [0.25, 0.3) is 0 Å². The first kappa shape index (κ1) is 9.99. The molecule has 0 spiro atoms. The maximum atomic E-state index is 10.9. The monoisotopic (exact) mass is 192 g/mol. The van der Waals surface area contributed by atoms with Crippen molar-refractivity contribution in [2.75, 3.05) is 6.61 Å². The Morgan fingerprint density at radius 2 is 2.50 bits per heavy atom. The van der Waals surface area contributed by atoms with Gasteiger partial charge in [0, 0.05) is 6.20 Å². The lowest BCUT2D eigenvalue weighted by Gasteiger charge is -2.02. The highest BCUT2D eigenvalue weighted by atomic mass is 16.7. The Morgan fingerprint density at radius 3 is 3.14 bits per heavy atom. The van der Waals surface area contributed by atoms with Gasteiger partial charge in [-0.25, -0.2) is 4.79 Å². The van der Waals surface area contributed by atoms with Gasteiger partial charge in [0.1, 0.15) is 6.61 Å². The Balaban J connectivity index is 2.32. The van der Waals surface area contributed by atoms with E-state index in [9.17, 15) is 4.79 Å². The average Bonchev–Trinajstić information content (AvgIpc) is 2.20. The second-order valence-electron chi connectivity index (χ2n) is 2.30.